The lowest BCUT2D eigenvalue weighted by Crippen LogP contribution is -2.30. The Bertz CT molecular complexity index is 1030. The number of guanidine groups is 1. The predicted octanol–water partition coefficient (Wildman–Crippen LogP) is 1.52. The molecule has 2 rings (SSSR count). The van der Waals surface area contributed by atoms with E-state index in [0.29, 0.717) is 38.6 Å². The molecule has 1 unspecified atom stereocenters. The molecule has 1 aliphatic rings. The molecule has 236 valence electrons. The summed E-state index contributed by atoms with van der Waals surface area (Å²) < 4.78 is 18.8. The number of hydrogen-bond acceptors (Lipinski definition) is 8. The molecule has 1 aromatic carbocycles. The van der Waals surface area contributed by atoms with Gasteiger partial charge in [-0.25, -0.2) is 4.39 Å². The summed E-state index contributed by atoms with van der Waals surface area (Å²) in [4.78, 5) is 24.4. The Morgan fingerprint density at radius 3 is 2.45 bits per heavy atom. The van der Waals surface area contributed by atoms with Crippen LogP contribution in [-0.2, 0) is 9.59 Å². The predicted molar refractivity (Wildman–Crippen MR) is 156 cm³/mol. The van der Waals surface area contributed by atoms with Crippen LogP contribution in [0.2, 0.25) is 0 Å². The number of carboxylic acids is 2. The molecule has 42 heavy (non-hydrogen) atoms. The highest BCUT2D eigenvalue weighted by molar-refractivity contribution is 5.75. The van der Waals surface area contributed by atoms with Gasteiger partial charge in [-0.05, 0) is 50.2 Å². The number of unbranched alkanes of at least 4 members (excludes halogenated alkanes) is 1. The van der Waals surface area contributed by atoms with Crippen LogP contribution < -0.4 is 21.9 Å². The summed E-state index contributed by atoms with van der Waals surface area (Å²) in [5.74, 6) is -2.58. The maximum absolute atomic E-state index is 13.5. The lowest BCUT2D eigenvalue weighted by molar-refractivity contribution is -0.139. The number of allylic oxidation sites excluding steroid dienone is 2. The average molecular weight is 597 g/mol. The van der Waals surface area contributed by atoms with Gasteiger partial charge in [0, 0.05) is 31.7 Å². The first-order valence-corrected chi connectivity index (χ1v) is 13.9. The van der Waals surface area contributed by atoms with E-state index >= 15 is 0 Å². The maximum Gasteiger partial charge on any atom is 0.320 e. The second-order valence-electron chi connectivity index (χ2n) is 10.0. The Morgan fingerprint density at radius 2 is 1.81 bits per heavy atom. The van der Waals surface area contributed by atoms with Crippen LogP contribution in [-0.4, -0.2) is 80.9 Å². The third-order valence-electron chi connectivity index (χ3n) is 6.60. The van der Waals surface area contributed by atoms with Crippen molar-refractivity contribution in [2.75, 3.05) is 13.2 Å². The van der Waals surface area contributed by atoms with Gasteiger partial charge in [0.1, 0.15) is 6.04 Å². The van der Waals surface area contributed by atoms with Crippen LogP contribution in [0.15, 0.2) is 53.6 Å². The zero-order chi connectivity index (χ0) is 31.5. The lowest BCUT2D eigenvalue weighted by atomic mass is 9.89. The molecular formula is C29H45FN4O8. The molecule has 0 aliphatic heterocycles. The topological polar surface area (TPSA) is 235 Å². The largest absolute Gasteiger partial charge is 0.490 e. The van der Waals surface area contributed by atoms with Crippen LogP contribution in [0.25, 0.3) is 0 Å². The molecule has 0 saturated heterocycles. The number of carbonyl (C=O) groups is 2. The van der Waals surface area contributed by atoms with Gasteiger partial charge in [-0.2, -0.15) is 0 Å². The van der Waals surface area contributed by atoms with Gasteiger partial charge in [0.15, 0.2) is 17.5 Å². The molecule has 0 spiro atoms. The number of hydrogen-bond donors (Lipinski definition) is 8. The van der Waals surface area contributed by atoms with Crippen molar-refractivity contribution in [3.8, 4) is 5.75 Å². The molecule has 0 amide bonds. The minimum Gasteiger partial charge on any atom is -0.490 e. The Kier molecular flexibility index (Phi) is 17.7. The minimum absolute atomic E-state index is 0.0129. The van der Waals surface area contributed by atoms with Crippen LogP contribution in [0, 0.1) is 17.7 Å². The van der Waals surface area contributed by atoms with Crippen molar-refractivity contribution in [3.63, 3.8) is 0 Å². The van der Waals surface area contributed by atoms with Crippen molar-refractivity contribution in [1.82, 2.24) is 0 Å². The molecule has 0 aromatic heterocycles. The summed E-state index contributed by atoms with van der Waals surface area (Å²) in [7, 11) is 0. The highest BCUT2D eigenvalue weighted by Gasteiger charge is 2.39. The van der Waals surface area contributed by atoms with Gasteiger partial charge in [-0.1, -0.05) is 36.4 Å². The molecular weight excluding hydrogens is 551 g/mol. The zero-order valence-corrected chi connectivity index (χ0v) is 23.7. The number of nitrogens with zero attached hydrogens (tertiary/aromatic N) is 1. The molecule has 0 bridgehead atoms. The summed E-state index contributed by atoms with van der Waals surface area (Å²) in [5, 5.41) is 47.7. The molecule has 13 heteroatoms. The van der Waals surface area contributed by atoms with Crippen molar-refractivity contribution in [2.45, 2.75) is 75.7 Å². The van der Waals surface area contributed by atoms with Gasteiger partial charge in [0.25, 0.3) is 0 Å². The van der Waals surface area contributed by atoms with Crippen LogP contribution >= 0.6 is 0 Å². The maximum atomic E-state index is 13.5. The number of aliphatic hydroxyl groups excluding tert-OH is 3. The van der Waals surface area contributed by atoms with Gasteiger partial charge in [-0.15, -0.1) is 0 Å². The SMILES string of the molecule is NC(N)=NCCCC(N)C(=O)O.O=C(O)CCC/C=C\C[C@@H]1[C@@H](/C=C/[C@@H](O)CCOc2ccccc2F)[C@H](O)C[C@@H]1O. The number of ether oxygens (including phenoxy) is 1. The summed E-state index contributed by atoms with van der Waals surface area (Å²) in [5.41, 5.74) is 15.3. The summed E-state index contributed by atoms with van der Waals surface area (Å²) in [6.45, 7) is 0.564. The second-order valence-corrected chi connectivity index (χ2v) is 10.0. The van der Waals surface area contributed by atoms with E-state index in [0.717, 1.165) is 0 Å². The number of para-hydroxylation sites is 1. The number of aliphatic imine (C=N–C) groups is 1. The second kappa shape index (κ2) is 20.4. The van der Waals surface area contributed by atoms with Crippen molar-refractivity contribution in [1.29, 1.82) is 0 Å². The van der Waals surface area contributed by atoms with Gasteiger partial charge in [0.05, 0.1) is 24.9 Å². The van der Waals surface area contributed by atoms with Gasteiger partial charge in [-0.3, -0.25) is 14.6 Å². The average Bonchev–Trinajstić information content (AvgIpc) is 3.19. The normalized spacial score (nSPS) is 21.5. The highest BCUT2D eigenvalue weighted by atomic mass is 19.1. The van der Waals surface area contributed by atoms with Crippen molar-refractivity contribution < 1.29 is 44.2 Å². The van der Waals surface area contributed by atoms with E-state index < -0.39 is 42.1 Å². The monoisotopic (exact) mass is 596 g/mol. The van der Waals surface area contributed by atoms with Crippen molar-refractivity contribution in [2.24, 2.45) is 34.0 Å². The summed E-state index contributed by atoms with van der Waals surface area (Å²) >= 11 is 0. The fourth-order valence-corrected chi connectivity index (χ4v) is 4.30. The van der Waals surface area contributed by atoms with Crippen LogP contribution in [0.5, 0.6) is 5.75 Å². The van der Waals surface area contributed by atoms with Gasteiger partial charge >= 0.3 is 11.9 Å². The van der Waals surface area contributed by atoms with Crippen LogP contribution in [0.4, 0.5) is 4.39 Å². The summed E-state index contributed by atoms with van der Waals surface area (Å²) in [6.07, 6.45) is 8.39. The number of carboxylic acid groups (broad SMARTS) is 2. The Morgan fingerprint density at radius 1 is 1.10 bits per heavy atom. The Balaban J connectivity index is 0.000000619. The van der Waals surface area contributed by atoms with E-state index in [1.807, 2.05) is 12.2 Å². The molecule has 12 nitrogen and oxygen atoms in total. The zero-order valence-electron chi connectivity index (χ0n) is 23.7. The molecule has 6 atom stereocenters. The Labute approximate surface area is 245 Å². The fourth-order valence-electron chi connectivity index (χ4n) is 4.30. The quantitative estimate of drug-likeness (QED) is 0.0555. The molecule has 1 aromatic rings. The highest BCUT2D eigenvalue weighted by Crippen LogP contribution is 2.36. The van der Waals surface area contributed by atoms with E-state index in [-0.39, 0.29) is 49.4 Å². The number of halogens is 1. The third kappa shape index (κ3) is 15.5. The van der Waals surface area contributed by atoms with E-state index in [4.69, 9.17) is 32.2 Å². The van der Waals surface area contributed by atoms with E-state index in [2.05, 4.69) is 4.99 Å². The fraction of sp³-hybridized carbons (Fsp3) is 0.552. The standard InChI is InChI=1S/C23H31FO6.C6H14N4O2/c24-19-8-5-6-9-22(19)30-14-13-16(25)11-12-18-17(20(26)15-21(18)27)7-3-1-2-4-10-23(28)29;7-4(5(11)12)2-1-3-10-6(8)9/h1,3,5-6,8-9,11-12,16-18,20-21,25-27H,2,4,7,10,13-15H2,(H,28,29);4H,1-3,7H2,(H,11,12)(H4,8,9,10)/b3-1-,12-11+;/t16-,17-,18-,20+,21-;/m1./s1. The molecule has 1 saturated carbocycles. The molecule has 1 fully saturated rings. The first kappa shape index (κ1) is 36.5. The molecule has 1 aliphatic carbocycles. The third-order valence-corrected chi connectivity index (χ3v) is 6.60. The summed E-state index contributed by atoms with van der Waals surface area (Å²) in [6, 6.07) is 5.25. The molecule has 11 N–H and O–H groups in total. The van der Waals surface area contributed by atoms with E-state index in [9.17, 15) is 29.3 Å². The molecule has 0 heterocycles. The smallest absolute Gasteiger partial charge is 0.320 e. The number of aliphatic hydroxyl groups is 3. The van der Waals surface area contributed by atoms with Crippen molar-refractivity contribution >= 4 is 17.9 Å². The number of benzene rings is 1. The van der Waals surface area contributed by atoms with Gasteiger partial charge < -0.3 is 47.5 Å². The molecule has 0 radical (unpaired) electrons. The lowest BCUT2D eigenvalue weighted by Gasteiger charge is -2.19. The number of nitrogens with two attached hydrogens (primary N) is 3. The van der Waals surface area contributed by atoms with Gasteiger partial charge in [0.2, 0.25) is 0 Å². The Hall–Kier alpha value is -3.52. The first-order valence-electron chi connectivity index (χ1n) is 13.9. The van der Waals surface area contributed by atoms with Crippen LogP contribution in [0.1, 0.15) is 51.4 Å². The van der Waals surface area contributed by atoms with Crippen LogP contribution in [0.3, 0.4) is 0 Å². The first-order chi connectivity index (χ1) is 19.9. The number of aliphatic carboxylic acids is 2. The van der Waals surface area contributed by atoms with E-state index in [1.54, 1.807) is 24.3 Å². The van der Waals surface area contributed by atoms with E-state index in [1.165, 1.54) is 12.1 Å². The van der Waals surface area contributed by atoms with Crippen molar-refractivity contribution in [3.05, 3.63) is 54.4 Å². The number of rotatable bonds is 17. The minimum atomic E-state index is -1.00.